The summed E-state index contributed by atoms with van der Waals surface area (Å²) in [5.74, 6) is 0. The second-order valence-corrected chi connectivity index (χ2v) is 6.02. The van der Waals surface area contributed by atoms with Gasteiger partial charge in [0, 0.05) is 25.5 Å². The van der Waals surface area contributed by atoms with E-state index in [1.807, 2.05) is 13.8 Å². The number of hydrogen-bond donors (Lipinski definition) is 0. The van der Waals surface area contributed by atoms with Crippen LogP contribution in [0.2, 0.25) is 5.02 Å². The summed E-state index contributed by atoms with van der Waals surface area (Å²) in [5, 5.41) is 0.220. The van der Waals surface area contributed by atoms with Crippen LogP contribution in [0.5, 0.6) is 0 Å². The Morgan fingerprint density at radius 3 is 2.35 bits per heavy atom. The van der Waals surface area contributed by atoms with Gasteiger partial charge in [0.15, 0.2) is 0 Å². The summed E-state index contributed by atoms with van der Waals surface area (Å²) < 4.78 is 26.1. The SMILES string of the molecule is CCCN(CCC)S(=O)(=O)c1cnccc1Cl. The minimum absolute atomic E-state index is 0.0866. The van der Waals surface area contributed by atoms with Crippen molar-refractivity contribution in [3.63, 3.8) is 0 Å². The van der Waals surface area contributed by atoms with Gasteiger partial charge in [-0.2, -0.15) is 4.31 Å². The van der Waals surface area contributed by atoms with Gasteiger partial charge in [-0.15, -0.1) is 0 Å². The van der Waals surface area contributed by atoms with E-state index in [-0.39, 0.29) is 9.92 Å². The average Bonchev–Trinajstić information content (AvgIpc) is 2.29. The lowest BCUT2D eigenvalue weighted by molar-refractivity contribution is 0.410. The molecule has 1 heterocycles. The van der Waals surface area contributed by atoms with Crippen molar-refractivity contribution in [1.82, 2.24) is 9.29 Å². The molecular formula is C11H17ClN2O2S. The maximum atomic E-state index is 12.3. The van der Waals surface area contributed by atoms with Crippen molar-refractivity contribution in [3.8, 4) is 0 Å². The maximum Gasteiger partial charge on any atom is 0.246 e. The lowest BCUT2D eigenvalue weighted by atomic mass is 10.4. The number of pyridine rings is 1. The van der Waals surface area contributed by atoms with E-state index in [1.54, 1.807) is 0 Å². The smallest absolute Gasteiger partial charge is 0.246 e. The molecule has 0 N–H and O–H groups in total. The molecule has 0 aromatic carbocycles. The van der Waals surface area contributed by atoms with E-state index < -0.39 is 10.0 Å². The van der Waals surface area contributed by atoms with Gasteiger partial charge < -0.3 is 0 Å². The van der Waals surface area contributed by atoms with E-state index in [1.165, 1.54) is 22.8 Å². The Bertz CT molecular complexity index is 456. The summed E-state index contributed by atoms with van der Waals surface area (Å²) >= 11 is 5.91. The van der Waals surface area contributed by atoms with Crippen LogP contribution < -0.4 is 0 Å². The summed E-state index contributed by atoms with van der Waals surface area (Å²) in [6.07, 6.45) is 4.33. The third kappa shape index (κ3) is 3.40. The van der Waals surface area contributed by atoms with Crippen molar-refractivity contribution in [2.24, 2.45) is 0 Å². The van der Waals surface area contributed by atoms with Crippen molar-refractivity contribution >= 4 is 21.6 Å². The highest BCUT2D eigenvalue weighted by Gasteiger charge is 2.25. The van der Waals surface area contributed by atoms with Gasteiger partial charge in [-0.25, -0.2) is 8.42 Å². The average molecular weight is 277 g/mol. The van der Waals surface area contributed by atoms with E-state index in [9.17, 15) is 8.42 Å². The first-order valence-corrected chi connectivity index (χ1v) is 7.45. The fourth-order valence-electron chi connectivity index (χ4n) is 1.54. The third-order valence-electron chi connectivity index (χ3n) is 2.30. The first-order chi connectivity index (χ1) is 8.04. The molecule has 96 valence electrons. The zero-order chi connectivity index (χ0) is 12.9. The largest absolute Gasteiger partial charge is 0.263 e. The molecule has 0 unspecified atom stereocenters. The first kappa shape index (κ1) is 14.4. The fourth-order valence-corrected chi connectivity index (χ4v) is 3.57. The molecule has 0 aliphatic heterocycles. The molecule has 0 fully saturated rings. The monoisotopic (exact) mass is 276 g/mol. The lowest BCUT2D eigenvalue weighted by Gasteiger charge is -2.21. The van der Waals surface area contributed by atoms with Crippen molar-refractivity contribution in [1.29, 1.82) is 0 Å². The zero-order valence-electron chi connectivity index (χ0n) is 10.1. The van der Waals surface area contributed by atoms with Crippen LogP contribution in [0.1, 0.15) is 26.7 Å². The molecule has 1 rings (SSSR count). The summed E-state index contributed by atoms with van der Waals surface area (Å²) in [5.41, 5.74) is 0. The Kier molecular flexibility index (Phi) is 5.36. The van der Waals surface area contributed by atoms with Crippen LogP contribution in [0.4, 0.5) is 0 Å². The van der Waals surface area contributed by atoms with E-state index in [0.717, 1.165) is 12.8 Å². The maximum absolute atomic E-state index is 12.3. The molecule has 17 heavy (non-hydrogen) atoms. The summed E-state index contributed by atoms with van der Waals surface area (Å²) in [7, 11) is -3.52. The van der Waals surface area contributed by atoms with Crippen LogP contribution in [-0.2, 0) is 10.0 Å². The van der Waals surface area contributed by atoms with Crippen LogP contribution >= 0.6 is 11.6 Å². The number of nitrogens with zero attached hydrogens (tertiary/aromatic N) is 2. The van der Waals surface area contributed by atoms with Crippen molar-refractivity contribution in [3.05, 3.63) is 23.5 Å². The van der Waals surface area contributed by atoms with E-state index >= 15 is 0 Å². The van der Waals surface area contributed by atoms with Crippen LogP contribution in [0.25, 0.3) is 0 Å². The number of halogens is 1. The van der Waals surface area contributed by atoms with Crippen LogP contribution in [0.3, 0.4) is 0 Å². The van der Waals surface area contributed by atoms with Gasteiger partial charge >= 0.3 is 0 Å². The van der Waals surface area contributed by atoms with Crippen molar-refractivity contribution in [2.75, 3.05) is 13.1 Å². The molecule has 0 aliphatic carbocycles. The minimum atomic E-state index is -3.52. The molecule has 4 nitrogen and oxygen atoms in total. The van der Waals surface area contributed by atoms with E-state index in [0.29, 0.717) is 13.1 Å². The van der Waals surface area contributed by atoms with E-state index in [4.69, 9.17) is 11.6 Å². The van der Waals surface area contributed by atoms with Crippen molar-refractivity contribution in [2.45, 2.75) is 31.6 Å². The molecule has 0 aliphatic rings. The van der Waals surface area contributed by atoms with Gasteiger partial charge in [0.2, 0.25) is 10.0 Å². The molecule has 1 aromatic rings. The normalized spacial score (nSPS) is 12.0. The summed E-state index contributed by atoms with van der Waals surface area (Å²) in [6, 6.07) is 1.49. The molecule has 0 saturated carbocycles. The second-order valence-electron chi connectivity index (χ2n) is 3.71. The first-order valence-electron chi connectivity index (χ1n) is 5.63. The molecule has 0 saturated heterocycles. The molecule has 6 heteroatoms. The van der Waals surface area contributed by atoms with Crippen LogP contribution in [-0.4, -0.2) is 30.8 Å². The van der Waals surface area contributed by atoms with Gasteiger partial charge in [0.05, 0.1) is 5.02 Å². The molecule has 0 spiro atoms. The van der Waals surface area contributed by atoms with Gasteiger partial charge in [-0.1, -0.05) is 25.4 Å². The number of hydrogen-bond acceptors (Lipinski definition) is 3. The molecule has 0 amide bonds. The lowest BCUT2D eigenvalue weighted by Crippen LogP contribution is -2.32. The summed E-state index contributed by atoms with van der Waals surface area (Å²) in [4.78, 5) is 3.91. The Morgan fingerprint density at radius 2 is 1.88 bits per heavy atom. The minimum Gasteiger partial charge on any atom is -0.263 e. The quantitative estimate of drug-likeness (QED) is 0.802. The highest BCUT2D eigenvalue weighted by atomic mass is 35.5. The fraction of sp³-hybridized carbons (Fsp3) is 0.545. The zero-order valence-corrected chi connectivity index (χ0v) is 11.6. The van der Waals surface area contributed by atoms with Crippen LogP contribution in [0, 0.1) is 0 Å². The molecule has 0 bridgehead atoms. The topological polar surface area (TPSA) is 50.3 Å². The molecule has 0 radical (unpaired) electrons. The van der Waals surface area contributed by atoms with E-state index in [2.05, 4.69) is 4.98 Å². The Morgan fingerprint density at radius 1 is 1.29 bits per heavy atom. The highest BCUT2D eigenvalue weighted by Crippen LogP contribution is 2.23. The van der Waals surface area contributed by atoms with Crippen molar-refractivity contribution < 1.29 is 8.42 Å². The second kappa shape index (κ2) is 6.33. The standard InChI is InChI=1S/C11H17ClN2O2S/c1-3-7-14(8-4-2)17(15,16)11-9-13-6-5-10(11)12/h5-6,9H,3-4,7-8H2,1-2H3. The predicted molar refractivity (Wildman–Crippen MR) is 68.6 cm³/mol. The Balaban J connectivity index is 3.12. The highest BCUT2D eigenvalue weighted by molar-refractivity contribution is 7.89. The third-order valence-corrected chi connectivity index (χ3v) is 4.67. The van der Waals surface area contributed by atoms with Gasteiger partial charge in [0.1, 0.15) is 4.90 Å². The van der Waals surface area contributed by atoms with Gasteiger partial charge in [-0.05, 0) is 18.9 Å². The Labute approximate surface area is 108 Å². The molecule has 0 atom stereocenters. The number of aromatic nitrogens is 1. The van der Waals surface area contributed by atoms with Crippen LogP contribution in [0.15, 0.2) is 23.4 Å². The summed E-state index contributed by atoms with van der Waals surface area (Å²) in [6.45, 7) is 4.90. The van der Waals surface area contributed by atoms with Gasteiger partial charge in [-0.3, -0.25) is 4.98 Å². The number of rotatable bonds is 6. The molecular weight excluding hydrogens is 260 g/mol. The predicted octanol–water partition coefficient (Wildman–Crippen LogP) is 2.55. The molecule has 1 aromatic heterocycles. The van der Waals surface area contributed by atoms with Gasteiger partial charge in [0.25, 0.3) is 0 Å². The Hall–Kier alpha value is -0.650. The number of sulfonamides is 1.